The molecule has 11 nitrogen and oxygen atoms in total. The van der Waals surface area contributed by atoms with Gasteiger partial charge < -0.3 is 10.6 Å². The molecule has 0 amide bonds. The molecule has 36 heavy (non-hydrogen) atoms. The van der Waals surface area contributed by atoms with Crippen molar-refractivity contribution in [1.82, 2.24) is 5.32 Å². The van der Waals surface area contributed by atoms with Crippen molar-refractivity contribution in [2.24, 2.45) is 0 Å². The SMILES string of the molecule is CCS(=O)(=O)N(C)c1ccc(/C=C/c2ccc(NC(=S)NC3CC3)cc2S(=O)(=O)O)c(S(=O)(=O)O)c1. The molecule has 4 N–H and O–H groups in total. The van der Waals surface area contributed by atoms with E-state index in [-0.39, 0.29) is 28.6 Å². The van der Waals surface area contributed by atoms with E-state index in [9.17, 15) is 34.4 Å². The van der Waals surface area contributed by atoms with Crippen LogP contribution in [0.1, 0.15) is 30.9 Å². The molecule has 0 radical (unpaired) electrons. The normalized spacial score (nSPS) is 14.6. The number of anilines is 2. The van der Waals surface area contributed by atoms with Gasteiger partial charge in [0.1, 0.15) is 9.79 Å². The maximum Gasteiger partial charge on any atom is 0.295 e. The Balaban J connectivity index is 1.99. The number of nitrogens with one attached hydrogen (secondary N) is 2. The third kappa shape index (κ3) is 7.02. The van der Waals surface area contributed by atoms with Gasteiger partial charge in [0.15, 0.2) is 5.11 Å². The van der Waals surface area contributed by atoms with Crippen LogP contribution >= 0.6 is 12.2 Å². The molecule has 0 heterocycles. The molecule has 15 heteroatoms. The first-order valence-corrected chi connectivity index (χ1v) is 15.5. The number of nitrogens with zero attached hydrogens (tertiary/aromatic N) is 1. The molecule has 0 atom stereocenters. The maximum atomic E-state index is 12.1. The highest BCUT2D eigenvalue weighted by molar-refractivity contribution is 7.92. The van der Waals surface area contributed by atoms with Gasteiger partial charge in [-0.25, -0.2) is 8.42 Å². The summed E-state index contributed by atoms with van der Waals surface area (Å²) in [5.74, 6) is -0.225. The number of thiocarbonyl (C=S) groups is 1. The topological polar surface area (TPSA) is 170 Å². The fourth-order valence-electron chi connectivity index (χ4n) is 3.17. The van der Waals surface area contributed by atoms with E-state index in [1.807, 2.05) is 0 Å². The predicted octanol–water partition coefficient (Wildman–Crippen LogP) is 2.59. The Morgan fingerprint density at radius 2 is 1.50 bits per heavy atom. The van der Waals surface area contributed by atoms with Crippen LogP contribution in [0.2, 0.25) is 0 Å². The van der Waals surface area contributed by atoms with Crippen molar-refractivity contribution in [1.29, 1.82) is 0 Å². The number of hydrogen-bond donors (Lipinski definition) is 4. The summed E-state index contributed by atoms with van der Waals surface area (Å²) in [5, 5.41) is 6.19. The van der Waals surface area contributed by atoms with Crippen LogP contribution in [0.4, 0.5) is 11.4 Å². The van der Waals surface area contributed by atoms with Gasteiger partial charge in [-0.1, -0.05) is 24.3 Å². The summed E-state index contributed by atoms with van der Waals surface area (Å²) in [6, 6.07) is 7.95. The van der Waals surface area contributed by atoms with Crippen molar-refractivity contribution >= 4 is 71.1 Å². The molecular formula is C21H25N3O8S4. The third-order valence-corrected chi connectivity index (χ3v) is 9.14. The second-order valence-electron chi connectivity index (χ2n) is 8.00. The maximum absolute atomic E-state index is 12.1. The molecule has 1 fully saturated rings. The van der Waals surface area contributed by atoms with E-state index >= 15 is 0 Å². The Morgan fingerprint density at radius 1 is 0.972 bits per heavy atom. The smallest absolute Gasteiger partial charge is 0.295 e. The van der Waals surface area contributed by atoms with Crippen molar-refractivity contribution < 1.29 is 34.4 Å². The van der Waals surface area contributed by atoms with Gasteiger partial charge in [-0.2, -0.15) is 16.8 Å². The van der Waals surface area contributed by atoms with E-state index in [0.717, 1.165) is 23.2 Å². The van der Waals surface area contributed by atoms with E-state index in [0.29, 0.717) is 10.8 Å². The predicted molar refractivity (Wildman–Crippen MR) is 142 cm³/mol. The average molecular weight is 576 g/mol. The molecule has 1 aliphatic rings. The molecule has 0 saturated heterocycles. The Bertz CT molecular complexity index is 1530. The summed E-state index contributed by atoms with van der Waals surface area (Å²) >= 11 is 5.18. The highest BCUT2D eigenvalue weighted by Gasteiger charge is 2.23. The monoisotopic (exact) mass is 575 g/mol. The molecule has 3 rings (SSSR count). The molecule has 2 aromatic rings. The summed E-state index contributed by atoms with van der Waals surface area (Å²) in [7, 11) is -11.9. The molecule has 0 unspecified atom stereocenters. The minimum Gasteiger partial charge on any atom is -0.360 e. The minimum absolute atomic E-state index is 0.00598. The van der Waals surface area contributed by atoms with Crippen LogP contribution in [0.5, 0.6) is 0 Å². The third-order valence-electron chi connectivity index (χ3n) is 5.33. The molecule has 1 saturated carbocycles. The molecule has 196 valence electrons. The molecule has 2 aromatic carbocycles. The van der Waals surface area contributed by atoms with Crippen LogP contribution in [0.15, 0.2) is 46.2 Å². The zero-order valence-electron chi connectivity index (χ0n) is 19.2. The summed E-state index contributed by atoms with van der Waals surface area (Å²) in [5.41, 5.74) is 0.300. The molecule has 0 spiro atoms. The van der Waals surface area contributed by atoms with E-state index in [1.165, 1.54) is 56.5 Å². The van der Waals surface area contributed by atoms with Gasteiger partial charge in [0.25, 0.3) is 20.2 Å². The Hall–Kier alpha value is -2.56. The van der Waals surface area contributed by atoms with E-state index in [1.54, 1.807) is 0 Å². The van der Waals surface area contributed by atoms with Crippen molar-refractivity contribution in [3.63, 3.8) is 0 Å². The first-order chi connectivity index (χ1) is 16.6. The standard InChI is InChI=1S/C21H25N3O8S4/c1-3-34(25,26)24(2)18-11-7-15(20(13-18)36(30,31)32)5-4-14-6-8-17(12-19(14)35(27,28)29)23-21(33)22-16-9-10-16/h4-8,11-13,16H,3,9-10H2,1-2H3,(H2,22,23,33)(H,27,28,29)(H,30,31,32)/b5-4+. The summed E-state index contributed by atoms with van der Waals surface area (Å²) in [6.07, 6.45) is 4.43. The number of sulfonamides is 1. The zero-order valence-corrected chi connectivity index (χ0v) is 22.5. The van der Waals surface area contributed by atoms with Crippen LogP contribution in [0.3, 0.4) is 0 Å². The van der Waals surface area contributed by atoms with Gasteiger partial charge in [-0.15, -0.1) is 0 Å². The average Bonchev–Trinajstić information content (AvgIpc) is 3.60. The van der Waals surface area contributed by atoms with E-state index in [4.69, 9.17) is 12.2 Å². The van der Waals surface area contributed by atoms with Gasteiger partial charge >= 0.3 is 0 Å². The van der Waals surface area contributed by atoms with Gasteiger partial charge in [-0.05, 0) is 67.4 Å². The summed E-state index contributed by atoms with van der Waals surface area (Å²) in [6.45, 7) is 1.43. The van der Waals surface area contributed by atoms with Crippen molar-refractivity contribution in [3.8, 4) is 0 Å². The van der Waals surface area contributed by atoms with Crippen LogP contribution in [-0.2, 0) is 30.3 Å². The van der Waals surface area contributed by atoms with Crippen LogP contribution in [-0.4, -0.2) is 58.3 Å². The molecule has 0 bridgehead atoms. The molecule has 1 aliphatic carbocycles. The van der Waals surface area contributed by atoms with Gasteiger partial charge in [-0.3, -0.25) is 13.4 Å². The number of rotatable bonds is 9. The minimum atomic E-state index is -4.78. The van der Waals surface area contributed by atoms with Crippen LogP contribution in [0.25, 0.3) is 12.2 Å². The highest BCUT2D eigenvalue weighted by Crippen LogP contribution is 2.28. The lowest BCUT2D eigenvalue weighted by Gasteiger charge is -2.19. The lowest BCUT2D eigenvalue weighted by molar-refractivity contribution is 0.480. The van der Waals surface area contributed by atoms with Gasteiger partial charge in [0.05, 0.1) is 11.4 Å². The first kappa shape index (κ1) is 28.0. The van der Waals surface area contributed by atoms with Crippen molar-refractivity contribution in [3.05, 3.63) is 47.5 Å². The molecule has 0 aromatic heterocycles. The Labute approximate surface area is 215 Å². The second-order valence-corrected chi connectivity index (χ2v) is 13.5. The fourth-order valence-corrected chi connectivity index (χ4v) is 5.69. The Kier molecular flexibility index (Phi) is 8.12. The summed E-state index contributed by atoms with van der Waals surface area (Å²) in [4.78, 5) is -1.05. The highest BCUT2D eigenvalue weighted by atomic mass is 32.2. The van der Waals surface area contributed by atoms with Crippen LogP contribution < -0.4 is 14.9 Å². The van der Waals surface area contributed by atoms with Gasteiger partial charge in [0.2, 0.25) is 10.0 Å². The Morgan fingerprint density at radius 3 is 2.00 bits per heavy atom. The van der Waals surface area contributed by atoms with Crippen LogP contribution in [0, 0.1) is 0 Å². The second kappa shape index (κ2) is 10.4. The fraction of sp³-hybridized carbons (Fsp3) is 0.286. The molecule has 0 aliphatic heterocycles. The van der Waals surface area contributed by atoms with Gasteiger partial charge in [0, 0.05) is 18.8 Å². The first-order valence-electron chi connectivity index (χ1n) is 10.6. The number of benzene rings is 2. The summed E-state index contributed by atoms with van der Waals surface area (Å²) < 4.78 is 92.6. The number of hydrogen-bond acceptors (Lipinski definition) is 7. The quantitative estimate of drug-likeness (QED) is 0.197. The van der Waals surface area contributed by atoms with E-state index < -0.39 is 40.1 Å². The molecular weight excluding hydrogens is 551 g/mol. The van der Waals surface area contributed by atoms with Crippen molar-refractivity contribution in [2.45, 2.75) is 35.6 Å². The zero-order chi connectivity index (χ0) is 26.9. The lowest BCUT2D eigenvalue weighted by Crippen LogP contribution is -2.30. The van der Waals surface area contributed by atoms with Crippen molar-refractivity contribution in [2.75, 3.05) is 22.4 Å². The van der Waals surface area contributed by atoms with E-state index in [2.05, 4.69) is 10.6 Å². The lowest BCUT2D eigenvalue weighted by atomic mass is 10.1. The largest absolute Gasteiger partial charge is 0.360 e.